The number of amides is 1. The van der Waals surface area contributed by atoms with E-state index in [1.54, 1.807) is 12.1 Å². The standard InChI is InChI=1S/C24H31ClN4O6S2/c1-27-13-15-29(16-14-27)37(33,34)23-18-19(4-9-22(23)25)24(30)26-10-17-35-20-5-7-21(8-6-20)36(31,32)28-11-2-3-12-28/h4-9,18H,2-3,10-17H2,1H3,(H,26,30). The average molecular weight is 571 g/mol. The molecule has 202 valence electrons. The first-order valence-electron chi connectivity index (χ1n) is 12.1. The minimum Gasteiger partial charge on any atom is -0.492 e. The average Bonchev–Trinajstić information content (AvgIpc) is 3.43. The number of ether oxygens (including phenoxy) is 1. The molecule has 2 heterocycles. The van der Waals surface area contributed by atoms with Crippen molar-refractivity contribution < 1.29 is 26.4 Å². The van der Waals surface area contributed by atoms with Crippen molar-refractivity contribution in [3.8, 4) is 5.75 Å². The van der Waals surface area contributed by atoms with E-state index in [0.29, 0.717) is 45.0 Å². The van der Waals surface area contributed by atoms with Crippen molar-refractivity contribution in [3.05, 3.63) is 53.1 Å². The molecule has 13 heteroatoms. The number of sulfonamides is 2. The number of nitrogens with zero attached hydrogens (tertiary/aromatic N) is 3. The topological polar surface area (TPSA) is 116 Å². The molecule has 4 rings (SSSR count). The summed E-state index contributed by atoms with van der Waals surface area (Å²) in [5, 5.41) is 2.76. The summed E-state index contributed by atoms with van der Waals surface area (Å²) in [4.78, 5) is 14.8. The van der Waals surface area contributed by atoms with E-state index in [2.05, 4.69) is 5.32 Å². The van der Waals surface area contributed by atoms with Crippen LogP contribution in [0.3, 0.4) is 0 Å². The molecule has 1 N–H and O–H groups in total. The molecule has 1 amide bonds. The quantitative estimate of drug-likeness (QED) is 0.457. The molecule has 2 aromatic carbocycles. The van der Waals surface area contributed by atoms with Gasteiger partial charge in [-0.3, -0.25) is 4.79 Å². The number of carbonyl (C=O) groups excluding carboxylic acids is 1. The van der Waals surface area contributed by atoms with Gasteiger partial charge in [0.1, 0.15) is 17.3 Å². The lowest BCUT2D eigenvalue weighted by atomic mass is 10.2. The van der Waals surface area contributed by atoms with Gasteiger partial charge in [-0.05, 0) is 62.4 Å². The number of piperazine rings is 1. The minimum atomic E-state index is -3.83. The molecule has 2 aliphatic rings. The summed E-state index contributed by atoms with van der Waals surface area (Å²) in [6.45, 7) is 3.33. The van der Waals surface area contributed by atoms with Gasteiger partial charge in [0, 0.05) is 44.8 Å². The third-order valence-electron chi connectivity index (χ3n) is 6.46. The Bertz CT molecular complexity index is 1320. The lowest BCUT2D eigenvalue weighted by Crippen LogP contribution is -2.47. The van der Waals surface area contributed by atoms with Crippen molar-refractivity contribution in [1.82, 2.24) is 18.8 Å². The number of halogens is 1. The van der Waals surface area contributed by atoms with Crippen LogP contribution in [-0.2, 0) is 20.0 Å². The summed E-state index contributed by atoms with van der Waals surface area (Å²) in [7, 11) is -5.38. The fraction of sp³-hybridized carbons (Fsp3) is 0.458. The summed E-state index contributed by atoms with van der Waals surface area (Å²) in [6, 6.07) is 10.4. The Kier molecular flexibility index (Phi) is 8.77. The molecule has 0 unspecified atom stereocenters. The van der Waals surface area contributed by atoms with Gasteiger partial charge in [0.2, 0.25) is 20.0 Å². The van der Waals surface area contributed by atoms with Crippen LogP contribution >= 0.6 is 11.6 Å². The minimum absolute atomic E-state index is 0.0639. The zero-order valence-corrected chi connectivity index (χ0v) is 23.0. The Balaban J connectivity index is 1.31. The van der Waals surface area contributed by atoms with Crippen LogP contribution in [0.15, 0.2) is 52.3 Å². The van der Waals surface area contributed by atoms with E-state index >= 15 is 0 Å². The maximum absolute atomic E-state index is 13.1. The van der Waals surface area contributed by atoms with Crippen molar-refractivity contribution in [1.29, 1.82) is 0 Å². The van der Waals surface area contributed by atoms with Gasteiger partial charge in [0.25, 0.3) is 5.91 Å². The number of likely N-dealkylation sites (N-methyl/N-ethyl adjacent to an activating group) is 1. The number of benzene rings is 2. The van der Waals surface area contributed by atoms with E-state index in [1.807, 2.05) is 11.9 Å². The molecular weight excluding hydrogens is 540 g/mol. The molecular formula is C24H31ClN4O6S2. The zero-order valence-electron chi connectivity index (χ0n) is 20.6. The molecule has 0 saturated carbocycles. The molecule has 0 radical (unpaired) electrons. The van der Waals surface area contributed by atoms with Gasteiger partial charge in [0.05, 0.1) is 16.5 Å². The predicted octanol–water partition coefficient (Wildman–Crippen LogP) is 1.87. The SMILES string of the molecule is CN1CCN(S(=O)(=O)c2cc(C(=O)NCCOc3ccc(S(=O)(=O)N4CCCC4)cc3)ccc2Cl)CC1. The van der Waals surface area contributed by atoms with Crippen LogP contribution in [0.1, 0.15) is 23.2 Å². The summed E-state index contributed by atoms with van der Waals surface area (Å²) in [5.41, 5.74) is 0.175. The van der Waals surface area contributed by atoms with Gasteiger partial charge in [0.15, 0.2) is 0 Å². The Morgan fingerprint density at radius 2 is 1.51 bits per heavy atom. The van der Waals surface area contributed by atoms with Crippen LogP contribution in [0.5, 0.6) is 5.75 Å². The van der Waals surface area contributed by atoms with Gasteiger partial charge < -0.3 is 15.0 Å². The van der Waals surface area contributed by atoms with Crippen LogP contribution in [0.25, 0.3) is 0 Å². The van der Waals surface area contributed by atoms with Crippen LogP contribution in [0, 0.1) is 0 Å². The summed E-state index contributed by atoms with van der Waals surface area (Å²) < 4.78 is 59.9. The maximum atomic E-state index is 13.1. The van der Waals surface area contributed by atoms with Crippen LogP contribution in [0.4, 0.5) is 0 Å². The predicted molar refractivity (Wildman–Crippen MR) is 140 cm³/mol. The first kappa shape index (κ1) is 27.8. The second kappa shape index (κ2) is 11.7. The fourth-order valence-corrected chi connectivity index (χ4v) is 7.67. The van der Waals surface area contributed by atoms with Gasteiger partial charge >= 0.3 is 0 Å². The Labute approximate surface area is 223 Å². The molecule has 2 aliphatic heterocycles. The summed E-state index contributed by atoms with van der Waals surface area (Å²) in [5.74, 6) is 0.0174. The van der Waals surface area contributed by atoms with Crippen LogP contribution < -0.4 is 10.1 Å². The van der Waals surface area contributed by atoms with E-state index in [9.17, 15) is 21.6 Å². The van der Waals surface area contributed by atoms with Gasteiger partial charge in [-0.1, -0.05) is 11.6 Å². The highest BCUT2D eigenvalue weighted by Gasteiger charge is 2.30. The van der Waals surface area contributed by atoms with Crippen molar-refractivity contribution in [2.75, 3.05) is 59.5 Å². The normalized spacial score (nSPS) is 18.1. The number of rotatable bonds is 9. The zero-order chi connectivity index (χ0) is 26.6. The Hall–Kier alpha value is -2.22. The molecule has 2 saturated heterocycles. The molecule has 37 heavy (non-hydrogen) atoms. The Morgan fingerprint density at radius 1 is 0.892 bits per heavy atom. The van der Waals surface area contributed by atoms with Gasteiger partial charge in [-0.2, -0.15) is 8.61 Å². The third kappa shape index (κ3) is 6.44. The summed E-state index contributed by atoms with van der Waals surface area (Å²) in [6.07, 6.45) is 1.74. The van der Waals surface area contributed by atoms with E-state index in [4.69, 9.17) is 16.3 Å². The van der Waals surface area contributed by atoms with Crippen molar-refractivity contribution in [2.24, 2.45) is 0 Å². The largest absolute Gasteiger partial charge is 0.492 e. The number of carbonyl (C=O) groups is 1. The number of nitrogens with one attached hydrogen (secondary N) is 1. The first-order chi connectivity index (χ1) is 17.6. The van der Waals surface area contributed by atoms with Gasteiger partial charge in [-0.15, -0.1) is 0 Å². The van der Waals surface area contributed by atoms with Crippen molar-refractivity contribution >= 4 is 37.6 Å². The van der Waals surface area contributed by atoms with E-state index in [-0.39, 0.29) is 33.5 Å². The molecule has 0 aliphatic carbocycles. The van der Waals surface area contributed by atoms with Crippen molar-refractivity contribution in [3.63, 3.8) is 0 Å². The lowest BCUT2D eigenvalue weighted by Gasteiger charge is -2.31. The van der Waals surface area contributed by atoms with Crippen molar-refractivity contribution in [2.45, 2.75) is 22.6 Å². The molecule has 10 nitrogen and oxygen atoms in total. The molecule has 0 bridgehead atoms. The molecule has 0 spiro atoms. The first-order valence-corrected chi connectivity index (χ1v) is 15.3. The maximum Gasteiger partial charge on any atom is 0.251 e. The smallest absolute Gasteiger partial charge is 0.251 e. The molecule has 0 atom stereocenters. The van der Waals surface area contributed by atoms with Crippen LogP contribution in [-0.4, -0.2) is 95.7 Å². The number of hydrogen-bond donors (Lipinski definition) is 1. The third-order valence-corrected chi connectivity index (χ3v) is 10.7. The second-order valence-electron chi connectivity index (χ2n) is 9.04. The van der Waals surface area contributed by atoms with E-state index in [1.165, 1.54) is 38.9 Å². The number of hydrogen-bond acceptors (Lipinski definition) is 7. The van der Waals surface area contributed by atoms with E-state index in [0.717, 1.165) is 12.8 Å². The lowest BCUT2D eigenvalue weighted by molar-refractivity contribution is 0.0946. The van der Waals surface area contributed by atoms with Crippen LogP contribution in [0.2, 0.25) is 5.02 Å². The summed E-state index contributed by atoms with van der Waals surface area (Å²) >= 11 is 6.20. The molecule has 2 aromatic rings. The highest BCUT2D eigenvalue weighted by molar-refractivity contribution is 7.89. The van der Waals surface area contributed by atoms with Gasteiger partial charge in [-0.25, -0.2) is 16.8 Å². The molecule has 2 fully saturated rings. The second-order valence-corrected chi connectivity index (χ2v) is 13.3. The van der Waals surface area contributed by atoms with E-state index < -0.39 is 26.0 Å². The fourth-order valence-electron chi connectivity index (χ4n) is 4.23. The highest BCUT2D eigenvalue weighted by Crippen LogP contribution is 2.27. The molecule has 0 aromatic heterocycles. The monoisotopic (exact) mass is 570 g/mol. The highest BCUT2D eigenvalue weighted by atomic mass is 35.5. The Morgan fingerprint density at radius 3 is 2.16 bits per heavy atom.